The van der Waals surface area contributed by atoms with E-state index in [9.17, 15) is 17.6 Å². The predicted octanol–water partition coefficient (Wildman–Crippen LogP) is 3.70. The van der Waals surface area contributed by atoms with Crippen molar-refractivity contribution >= 4 is 15.9 Å². The van der Waals surface area contributed by atoms with E-state index in [0.29, 0.717) is 29.2 Å². The third-order valence-corrected chi connectivity index (χ3v) is 6.62. The van der Waals surface area contributed by atoms with Gasteiger partial charge in [0.2, 0.25) is 16.8 Å². The molecule has 0 bridgehead atoms. The van der Waals surface area contributed by atoms with Crippen molar-refractivity contribution in [2.75, 3.05) is 13.3 Å². The summed E-state index contributed by atoms with van der Waals surface area (Å²) in [5, 5.41) is 0. The van der Waals surface area contributed by atoms with Gasteiger partial charge in [-0.15, -0.1) is 0 Å². The van der Waals surface area contributed by atoms with Gasteiger partial charge in [-0.1, -0.05) is 24.3 Å². The smallest absolute Gasteiger partial charge is 0.254 e. The first kappa shape index (κ1) is 22.8. The molecule has 4 rings (SSSR count). The molecule has 1 amide bonds. The van der Waals surface area contributed by atoms with Crippen LogP contribution in [0.5, 0.6) is 11.5 Å². The van der Waals surface area contributed by atoms with Crippen molar-refractivity contribution in [3.63, 3.8) is 0 Å². The number of fused-ring (bicyclic) bond motifs is 1. The Morgan fingerprint density at radius 3 is 2.58 bits per heavy atom. The van der Waals surface area contributed by atoms with Crippen molar-refractivity contribution in [1.82, 2.24) is 9.62 Å². The van der Waals surface area contributed by atoms with Gasteiger partial charge < -0.3 is 14.4 Å². The molecule has 172 valence electrons. The fraction of sp³-hybridized carbons (Fsp3) is 0.208. The van der Waals surface area contributed by atoms with E-state index in [-0.39, 0.29) is 42.1 Å². The molecule has 0 aromatic heterocycles. The third-order valence-electron chi connectivity index (χ3n) is 5.23. The molecule has 1 N–H and O–H groups in total. The lowest BCUT2D eigenvalue weighted by Crippen LogP contribution is -2.30. The average molecular weight is 471 g/mol. The number of hydrogen-bond donors (Lipinski definition) is 1. The number of nitrogens with zero attached hydrogens (tertiary/aromatic N) is 1. The highest BCUT2D eigenvalue weighted by Crippen LogP contribution is 2.32. The predicted molar refractivity (Wildman–Crippen MR) is 120 cm³/mol. The van der Waals surface area contributed by atoms with Gasteiger partial charge in [-0.2, -0.15) is 0 Å². The van der Waals surface area contributed by atoms with Gasteiger partial charge >= 0.3 is 0 Å². The Morgan fingerprint density at radius 1 is 1.00 bits per heavy atom. The van der Waals surface area contributed by atoms with Crippen LogP contribution in [0.4, 0.5) is 4.39 Å². The molecule has 0 saturated heterocycles. The van der Waals surface area contributed by atoms with Gasteiger partial charge in [-0.25, -0.2) is 17.5 Å². The van der Waals surface area contributed by atoms with Gasteiger partial charge in [0.05, 0.1) is 4.90 Å². The molecule has 1 aliphatic heterocycles. The molecule has 0 radical (unpaired) electrons. The highest BCUT2D eigenvalue weighted by molar-refractivity contribution is 7.89. The van der Waals surface area contributed by atoms with Crippen LogP contribution in [-0.2, 0) is 23.1 Å². The maximum absolute atomic E-state index is 13.5. The highest BCUT2D eigenvalue weighted by Gasteiger charge is 2.20. The van der Waals surface area contributed by atoms with Gasteiger partial charge in [0.15, 0.2) is 11.5 Å². The van der Waals surface area contributed by atoms with Crippen LogP contribution in [0.3, 0.4) is 0 Å². The minimum absolute atomic E-state index is 0.0177. The molecule has 0 fully saturated rings. The Hall–Kier alpha value is -3.43. The van der Waals surface area contributed by atoms with E-state index in [1.165, 1.54) is 35.2 Å². The topological polar surface area (TPSA) is 84.9 Å². The number of hydrogen-bond acceptors (Lipinski definition) is 5. The van der Waals surface area contributed by atoms with Crippen LogP contribution >= 0.6 is 0 Å². The molecular formula is C24H23FN2O5S. The van der Waals surface area contributed by atoms with Crippen molar-refractivity contribution < 1.29 is 27.1 Å². The van der Waals surface area contributed by atoms with Crippen LogP contribution in [0.1, 0.15) is 28.4 Å². The van der Waals surface area contributed by atoms with Crippen LogP contribution < -0.4 is 14.2 Å². The number of carbonyl (C=O) groups is 1. The van der Waals surface area contributed by atoms with Gasteiger partial charge in [0.25, 0.3) is 5.91 Å². The minimum Gasteiger partial charge on any atom is -0.454 e. The van der Waals surface area contributed by atoms with Crippen LogP contribution in [0.15, 0.2) is 71.6 Å². The SMILES string of the molecule is CCN(Cc1cccc(F)c1)C(=O)c1cccc(S(=O)(=O)NCc2ccc3c(c2)OCO3)c1. The number of benzene rings is 3. The maximum Gasteiger partial charge on any atom is 0.254 e. The van der Waals surface area contributed by atoms with Crippen LogP contribution in [0.2, 0.25) is 0 Å². The summed E-state index contributed by atoms with van der Waals surface area (Å²) >= 11 is 0. The Labute approximate surface area is 191 Å². The molecular weight excluding hydrogens is 447 g/mol. The van der Waals surface area contributed by atoms with E-state index in [1.54, 1.807) is 36.4 Å². The molecule has 1 heterocycles. The summed E-state index contributed by atoms with van der Waals surface area (Å²) in [6, 6.07) is 17.1. The third kappa shape index (κ3) is 5.32. The fourth-order valence-electron chi connectivity index (χ4n) is 3.47. The molecule has 1 aliphatic rings. The molecule has 0 saturated carbocycles. The summed E-state index contributed by atoms with van der Waals surface area (Å²) in [6.45, 7) is 2.60. The first-order valence-electron chi connectivity index (χ1n) is 10.4. The Bertz CT molecular complexity index is 1280. The van der Waals surface area contributed by atoms with Gasteiger partial charge in [-0.3, -0.25) is 4.79 Å². The second-order valence-corrected chi connectivity index (χ2v) is 9.26. The molecule has 7 nitrogen and oxygen atoms in total. The van der Waals surface area contributed by atoms with Gasteiger partial charge in [-0.05, 0) is 60.5 Å². The quantitative estimate of drug-likeness (QED) is 0.543. The molecule has 0 atom stereocenters. The fourth-order valence-corrected chi connectivity index (χ4v) is 4.54. The van der Waals surface area contributed by atoms with Crippen molar-refractivity contribution in [1.29, 1.82) is 0 Å². The van der Waals surface area contributed by atoms with E-state index in [0.717, 1.165) is 0 Å². The zero-order valence-electron chi connectivity index (χ0n) is 18.0. The number of amides is 1. The average Bonchev–Trinajstić information content (AvgIpc) is 3.29. The summed E-state index contributed by atoms with van der Waals surface area (Å²) in [4.78, 5) is 14.5. The highest BCUT2D eigenvalue weighted by atomic mass is 32.2. The summed E-state index contributed by atoms with van der Waals surface area (Å²) in [7, 11) is -3.87. The summed E-state index contributed by atoms with van der Waals surface area (Å²) in [6.07, 6.45) is 0. The van der Waals surface area contributed by atoms with E-state index >= 15 is 0 Å². The zero-order chi connectivity index (χ0) is 23.4. The van der Waals surface area contributed by atoms with E-state index < -0.39 is 10.0 Å². The van der Waals surface area contributed by atoms with E-state index in [1.807, 2.05) is 6.92 Å². The largest absolute Gasteiger partial charge is 0.454 e. The zero-order valence-corrected chi connectivity index (χ0v) is 18.8. The standard InChI is InChI=1S/C24H23FN2O5S/c1-2-27(15-18-5-3-7-20(25)11-18)24(28)19-6-4-8-21(13-19)33(29,30)26-14-17-9-10-22-23(12-17)32-16-31-22/h3-13,26H,2,14-16H2,1H3. The van der Waals surface area contributed by atoms with Gasteiger partial charge in [0.1, 0.15) is 5.82 Å². The van der Waals surface area contributed by atoms with Gasteiger partial charge in [0, 0.05) is 25.2 Å². The number of nitrogens with one attached hydrogen (secondary N) is 1. The normalized spacial score (nSPS) is 12.5. The Morgan fingerprint density at radius 2 is 1.79 bits per heavy atom. The monoisotopic (exact) mass is 470 g/mol. The summed E-state index contributed by atoms with van der Waals surface area (Å²) in [5.74, 6) is 0.469. The van der Waals surface area contributed by atoms with Crippen molar-refractivity contribution in [3.05, 3.63) is 89.2 Å². The lowest BCUT2D eigenvalue weighted by molar-refractivity contribution is 0.0752. The molecule has 0 aliphatic carbocycles. The van der Waals surface area contributed by atoms with E-state index in [4.69, 9.17) is 9.47 Å². The molecule has 9 heteroatoms. The first-order valence-corrected chi connectivity index (χ1v) is 11.9. The van der Waals surface area contributed by atoms with Crippen molar-refractivity contribution in [2.24, 2.45) is 0 Å². The number of ether oxygens (including phenoxy) is 2. The number of halogens is 1. The summed E-state index contributed by atoms with van der Waals surface area (Å²) < 4.78 is 52.3. The second kappa shape index (κ2) is 9.60. The van der Waals surface area contributed by atoms with Crippen LogP contribution in [0, 0.1) is 5.82 Å². The second-order valence-electron chi connectivity index (χ2n) is 7.49. The Kier molecular flexibility index (Phi) is 6.62. The molecule has 0 spiro atoms. The van der Waals surface area contributed by atoms with E-state index in [2.05, 4.69) is 4.72 Å². The first-order chi connectivity index (χ1) is 15.9. The number of rotatable bonds is 8. The lowest BCUT2D eigenvalue weighted by Gasteiger charge is -2.21. The Balaban J connectivity index is 1.47. The minimum atomic E-state index is -3.87. The molecule has 3 aromatic carbocycles. The molecule has 33 heavy (non-hydrogen) atoms. The van der Waals surface area contributed by atoms with Crippen LogP contribution in [0.25, 0.3) is 0 Å². The number of carbonyl (C=O) groups excluding carboxylic acids is 1. The molecule has 3 aromatic rings. The lowest BCUT2D eigenvalue weighted by atomic mass is 10.1. The summed E-state index contributed by atoms with van der Waals surface area (Å²) in [5.41, 5.74) is 1.60. The number of sulfonamides is 1. The van der Waals surface area contributed by atoms with Crippen molar-refractivity contribution in [3.8, 4) is 11.5 Å². The maximum atomic E-state index is 13.5. The van der Waals surface area contributed by atoms with Crippen LogP contribution in [-0.4, -0.2) is 32.6 Å². The van der Waals surface area contributed by atoms with Crippen molar-refractivity contribution in [2.45, 2.75) is 24.9 Å². The molecule has 0 unspecified atom stereocenters.